The maximum Gasteiger partial charge on any atom is 0.303 e. The number of ketones is 1. The number of carbonyl (C=O) groups is 2. The van der Waals surface area contributed by atoms with Gasteiger partial charge in [0.05, 0.1) is 5.75 Å². The first-order valence-corrected chi connectivity index (χ1v) is 9.98. The topological polar surface area (TPSA) is 101 Å². The van der Waals surface area contributed by atoms with Gasteiger partial charge in [-0.2, -0.15) is 0 Å². The number of fused-ring (bicyclic) bond motifs is 2. The minimum absolute atomic E-state index is 0.102. The molecule has 2 aliphatic rings. The summed E-state index contributed by atoms with van der Waals surface area (Å²) >= 11 is 0. The fourth-order valence-electron chi connectivity index (χ4n) is 4.29. The molecule has 2 rings (SSSR count). The summed E-state index contributed by atoms with van der Waals surface area (Å²) in [5.41, 5.74) is -0.979. The Morgan fingerprint density at radius 1 is 1.30 bits per heavy atom. The highest BCUT2D eigenvalue weighted by atomic mass is 32.2. The summed E-state index contributed by atoms with van der Waals surface area (Å²) in [6, 6.07) is 0. The van der Waals surface area contributed by atoms with E-state index < -0.39 is 21.4 Å². The van der Waals surface area contributed by atoms with Crippen LogP contribution in [0.25, 0.3) is 0 Å². The first-order chi connectivity index (χ1) is 10.6. The molecule has 0 heterocycles. The normalized spacial score (nSPS) is 29.1. The molecule has 2 saturated carbocycles. The van der Waals surface area contributed by atoms with Crippen molar-refractivity contribution in [1.82, 2.24) is 4.72 Å². The number of carbonyl (C=O) groups excluding carboxylic acids is 1. The predicted octanol–water partition coefficient (Wildman–Crippen LogP) is 1.95. The lowest BCUT2D eigenvalue weighted by molar-refractivity contribution is -0.137. The summed E-state index contributed by atoms with van der Waals surface area (Å²) in [6.07, 6.45) is 4.06. The molecule has 0 aromatic carbocycles. The van der Waals surface area contributed by atoms with Crippen LogP contribution in [0.5, 0.6) is 0 Å². The standard InChI is InChI=1S/C16H27NO5S/c1-15(2)12-7-8-16(15,13(18)10-12)11-23(21,22)17-9-5-3-4-6-14(19)20/h12,17H,3-11H2,1-2H3,(H,19,20)/t12-,16+/m1/s1. The smallest absolute Gasteiger partial charge is 0.303 e. The number of aliphatic carboxylic acids is 1. The van der Waals surface area contributed by atoms with Gasteiger partial charge in [-0.15, -0.1) is 0 Å². The minimum Gasteiger partial charge on any atom is -0.481 e. The Bertz CT molecular complexity index is 583. The van der Waals surface area contributed by atoms with Gasteiger partial charge in [-0.05, 0) is 37.0 Å². The Morgan fingerprint density at radius 2 is 2.00 bits per heavy atom. The molecule has 2 atom stereocenters. The third kappa shape index (κ3) is 3.60. The largest absolute Gasteiger partial charge is 0.481 e. The van der Waals surface area contributed by atoms with E-state index in [0.29, 0.717) is 44.6 Å². The zero-order valence-corrected chi connectivity index (χ0v) is 14.7. The molecule has 0 aliphatic heterocycles. The fraction of sp³-hybridized carbons (Fsp3) is 0.875. The van der Waals surface area contributed by atoms with Crippen molar-refractivity contribution < 1.29 is 23.1 Å². The van der Waals surface area contributed by atoms with Crippen molar-refractivity contribution in [2.75, 3.05) is 12.3 Å². The van der Waals surface area contributed by atoms with Crippen LogP contribution in [0.4, 0.5) is 0 Å². The second kappa shape index (κ2) is 6.51. The van der Waals surface area contributed by atoms with Crippen molar-refractivity contribution in [1.29, 1.82) is 0 Å². The number of carboxylic acids is 1. The van der Waals surface area contributed by atoms with Crippen LogP contribution >= 0.6 is 0 Å². The Balaban J connectivity index is 1.86. The average molecular weight is 345 g/mol. The van der Waals surface area contributed by atoms with Crippen LogP contribution in [0.2, 0.25) is 0 Å². The molecule has 7 heteroatoms. The number of nitrogens with one attached hydrogen (secondary N) is 1. The van der Waals surface area contributed by atoms with Crippen molar-refractivity contribution >= 4 is 21.8 Å². The Morgan fingerprint density at radius 3 is 2.52 bits per heavy atom. The Labute approximate surface area is 138 Å². The van der Waals surface area contributed by atoms with Gasteiger partial charge in [0.1, 0.15) is 5.78 Å². The van der Waals surface area contributed by atoms with Gasteiger partial charge in [0, 0.05) is 24.8 Å². The maximum absolute atomic E-state index is 12.4. The number of hydrogen-bond acceptors (Lipinski definition) is 4. The fourth-order valence-corrected chi connectivity index (χ4v) is 6.17. The second-order valence-electron chi connectivity index (χ2n) is 7.52. The molecule has 0 saturated heterocycles. The third-order valence-corrected chi connectivity index (χ3v) is 7.48. The van der Waals surface area contributed by atoms with Gasteiger partial charge in [0.15, 0.2) is 0 Å². The lowest BCUT2D eigenvalue weighted by atomic mass is 9.70. The van der Waals surface area contributed by atoms with Gasteiger partial charge in [-0.1, -0.05) is 20.3 Å². The molecule has 2 fully saturated rings. The zero-order valence-electron chi connectivity index (χ0n) is 13.9. The van der Waals surface area contributed by atoms with E-state index in [9.17, 15) is 18.0 Å². The molecule has 0 radical (unpaired) electrons. The van der Waals surface area contributed by atoms with Crippen molar-refractivity contribution in [3.8, 4) is 0 Å². The quantitative estimate of drug-likeness (QED) is 0.622. The van der Waals surface area contributed by atoms with Crippen LogP contribution in [-0.2, 0) is 19.6 Å². The number of sulfonamides is 1. The summed E-state index contributed by atoms with van der Waals surface area (Å²) in [5, 5.41) is 8.55. The highest BCUT2D eigenvalue weighted by Gasteiger charge is 2.65. The molecular weight excluding hydrogens is 318 g/mol. The summed E-state index contributed by atoms with van der Waals surface area (Å²) in [4.78, 5) is 22.8. The Kier molecular flexibility index (Phi) is 5.21. The van der Waals surface area contributed by atoms with Crippen LogP contribution < -0.4 is 4.72 Å². The van der Waals surface area contributed by atoms with Gasteiger partial charge in [0.2, 0.25) is 10.0 Å². The van der Waals surface area contributed by atoms with Crippen LogP contribution in [0.1, 0.15) is 58.8 Å². The molecule has 0 aromatic rings. The van der Waals surface area contributed by atoms with E-state index in [1.54, 1.807) is 0 Å². The monoisotopic (exact) mass is 345 g/mol. The summed E-state index contributed by atoms with van der Waals surface area (Å²) in [5.74, 6) is -0.536. The van der Waals surface area contributed by atoms with Crippen LogP contribution in [0.15, 0.2) is 0 Å². The minimum atomic E-state index is -3.50. The molecule has 2 bridgehead atoms. The molecular formula is C16H27NO5S. The molecule has 0 spiro atoms. The van der Waals surface area contributed by atoms with E-state index in [-0.39, 0.29) is 23.4 Å². The van der Waals surface area contributed by atoms with E-state index in [2.05, 4.69) is 4.72 Å². The van der Waals surface area contributed by atoms with E-state index in [4.69, 9.17) is 5.11 Å². The average Bonchev–Trinajstić information content (AvgIpc) is 2.76. The zero-order chi connectivity index (χ0) is 17.3. The van der Waals surface area contributed by atoms with Crippen molar-refractivity contribution in [3.05, 3.63) is 0 Å². The maximum atomic E-state index is 12.4. The second-order valence-corrected chi connectivity index (χ2v) is 9.33. The van der Waals surface area contributed by atoms with Gasteiger partial charge in [-0.3, -0.25) is 9.59 Å². The SMILES string of the molecule is CC1(C)[C@@H]2CC[C@]1(CS(=O)(=O)NCCCCCC(=O)O)C(=O)C2. The molecule has 0 amide bonds. The van der Waals surface area contributed by atoms with E-state index in [0.717, 1.165) is 6.42 Å². The predicted molar refractivity (Wildman–Crippen MR) is 86.5 cm³/mol. The van der Waals surface area contributed by atoms with Crippen LogP contribution in [-0.4, -0.2) is 37.6 Å². The number of Topliss-reactive ketones (excluding diaryl/α,β-unsaturated/α-hetero) is 1. The van der Waals surface area contributed by atoms with Crippen molar-refractivity contribution in [3.63, 3.8) is 0 Å². The Hall–Kier alpha value is -0.950. The molecule has 2 N–H and O–H groups in total. The number of unbranched alkanes of at least 4 members (excludes halogenated alkanes) is 2. The summed E-state index contributed by atoms with van der Waals surface area (Å²) in [6.45, 7) is 4.35. The summed E-state index contributed by atoms with van der Waals surface area (Å²) in [7, 11) is -3.50. The highest BCUT2D eigenvalue weighted by molar-refractivity contribution is 7.89. The van der Waals surface area contributed by atoms with E-state index >= 15 is 0 Å². The first-order valence-electron chi connectivity index (χ1n) is 8.33. The third-order valence-electron chi connectivity index (χ3n) is 5.96. The summed E-state index contributed by atoms with van der Waals surface area (Å²) < 4.78 is 27.4. The van der Waals surface area contributed by atoms with Crippen molar-refractivity contribution in [2.45, 2.75) is 58.8 Å². The lowest BCUT2D eigenvalue weighted by Crippen LogP contribution is -2.45. The van der Waals surface area contributed by atoms with E-state index in [1.165, 1.54) is 0 Å². The van der Waals surface area contributed by atoms with Crippen LogP contribution in [0.3, 0.4) is 0 Å². The van der Waals surface area contributed by atoms with Gasteiger partial charge < -0.3 is 5.11 Å². The van der Waals surface area contributed by atoms with Crippen molar-refractivity contribution in [2.24, 2.45) is 16.7 Å². The molecule has 6 nitrogen and oxygen atoms in total. The van der Waals surface area contributed by atoms with E-state index in [1.807, 2.05) is 13.8 Å². The molecule has 132 valence electrons. The number of hydrogen-bond donors (Lipinski definition) is 2. The lowest BCUT2D eigenvalue weighted by Gasteiger charge is -2.36. The van der Waals surface area contributed by atoms with Crippen LogP contribution in [0, 0.1) is 16.7 Å². The first kappa shape index (κ1) is 18.4. The number of rotatable bonds is 9. The molecule has 23 heavy (non-hydrogen) atoms. The molecule has 2 aliphatic carbocycles. The van der Waals surface area contributed by atoms with Gasteiger partial charge in [0.25, 0.3) is 0 Å². The van der Waals surface area contributed by atoms with Gasteiger partial charge in [-0.25, -0.2) is 13.1 Å². The molecule has 0 aromatic heterocycles. The van der Waals surface area contributed by atoms with Gasteiger partial charge >= 0.3 is 5.97 Å². The highest BCUT2D eigenvalue weighted by Crippen LogP contribution is 2.64. The number of carboxylic acid groups (broad SMARTS) is 1. The molecule has 0 unspecified atom stereocenters.